The molecular formula is C50H62N4O11. The zero-order valence-corrected chi connectivity index (χ0v) is 38.8. The lowest BCUT2D eigenvalue weighted by Crippen LogP contribution is -2.74. The van der Waals surface area contributed by atoms with Crippen LogP contribution < -0.4 is 0 Å². The second-order valence-electron chi connectivity index (χ2n) is 20.0. The number of ketones is 1. The van der Waals surface area contributed by atoms with Gasteiger partial charge in [-0.1, -0.05) is 39.0 Å². The van der Waals surface area contributed by atoms with Crippen molar-refractivity contribution in [1.82, 2.24) is 19.7 Å². The van der Waals surface area contributed by atoms with Crippen LogP contribution in [0.25, 0.3) is 10.9 Å². The smallest absolute Gasteiger partial charge is 0.347 e. The molecule has 2 bridgehead atoms. The van der Waals surface area contributed by atoms with Crippen LogP contribution in [-0.4, -0.2) is 144 Å². The minimum absolute atomic E-state index is 0.0513. The van der Waals surface area contributed by atoms with Gasteiger partial charge in [0.2, 0.25) is 12.1 Å². The predicted molar refractivity (Wildman–Crippen MR) is 236 cm³/mol. The van der Waals surface area contributed by atoms with Gasteiger partial charge in [0.1, 0.15) is 5.41 Å². The van der Waals surface area contributed by atoms with Crippen LogP contribution in [0.5, 0.6) is 0 Å². The number of carbonyl (C=O) groups excluding carboxylic acids is 5. The maximum atomic E-state index is 15.6. The number of Topliss-reactive ketones (excluding diaryl/α,β-unsaturated/α-hetero) is 1. The lowest BCUT2D eigenvalue weighted by atomic mass is 9.48. The number of esters is 3. The molecular weight excluding hydrogens is 833 g/mol. The first kappa shape index (κ1) is 44.2. The van der Waals surface area contributed by atoms with E-state index in [4.69, 9.17) is 23.7 Å². The minimum Gasteiger partial charge on any atom is -0.468 e. The van der Waals surface area contributed by atoms with Crippen LogP contribution in [0.3, 0.4) is 0 Å². The summed E-state index contributed by atoms with van der Waals surface area (Å²) < 4.78 is 31.4. The van der Waals surface area contributed by atoms with Crippen LogP contribution in [-0.2, 0) is 61.1 Å². The quantitative estimate of drug-likeness (QED) is 0.0863. The highest BCUT2D eigenvalue weighted by atomic mass is 16.7. The third-order valence-corrected chi connectivity index (χ3v) is 17.4. The summed E-state index contributed by atoms with van der Waals surface area (Å²) in [5.74, 6) is -2.81. The summed E-state index contributed by atoms with van der Waals surface area (Å²) >= 11 is 0. The molecule has 15 heteroatoms. The van der Waals surface area contributed by atoms with E-state index in [1.807, 2.05) is 32.9 Å². The number of nitrogens with one attached hydrogen (secondary N) is 1. The van der Waals surface area contributed by atoms with E-state index in [0.717, 1.165) is 27.6 Å². The van der Waals surface area contributed by atoms with E-state index in [2.05, 4.69) is 39.1 Å². The van der Waals surface area contributed by atoms with Crippen molar-refractivity contribution >= 4 is 41.0 Å². The van der Waals surface area contributed by atoms with E-state index in [1.54, 1.807) is 14.0 Å². The second kappa shape index (κ2) is 14.9. The predicted octanol–water partition coefficient (Wildman–Crippen LogP) is 4.29. The fraction of sp³-hybridized carbons (Fsp3) is 0.620. The molecule has 5 fully saturated rings. The summed E-state index contributed by atoms with van der Waals surface area (Å²) in [5, 5.41) is 13.0. The van der Waals surface area contributed by atoms with Crippen molar-refractivity contribution < 1.29 is 52.8 Å². The Bertz CT molecular complexity index is 2510. The van der Waals surface area contributed by atoms with E-state index >= 15 is 4.79 Å². The Hall–Kier alpha value is -4.67. The zero-order valence-electron chi connectivity index (χ0n) is 38.8. The summed E-state index contributed by atoms with van der Waals surface area (Å²) in [6.07, 6.45) is 10.3. The first-order valence-electron chi connectivity index (χ1n) is 23.4. The van der Waals surface area contributed by atoms with Crippen LogP contribution in [0.15, 0.2) is 47.7 Å². The number of aliphatic hydroxyl groups is 1. The number of methoxy groups -OCH3 is 3. The standard InChI is InChI=1S/C50H62N4O11/c1-9-31-19-34-32-13-17-52-25-30(23-45(60,10-2)26-52)24-47(43(58)62-7,40(32)51-37(34)20-33(31)28(4)56)36-21-35-38(22-39(36)61-6)54(27-55)50-48(35)15-18-53-16-12-14-46(11-3,41(48)53)42(64-29(5)57)49(50,65-50)44(59)63-8/h12,14,19-22,27,30,36,39,41-42,51,60H,9-11,13,15-18,23-26H2,1-8H3/t30-,36?,39?,41+,42-,45+,46-,47+,48-,49+,50+/m1/s1. The molecule has 348 valence electrons. The van der Waals surface area contributed by atoms with Gasteiger partial charge in [0.25, 0.3) is 5.60 Å². The number of carbonyl (C=O) groups is 5. The minimum atomic E-state index is -1.90. The molecule has 7 heterocycles. The first-order chi connectivity index (χ1) is 31.1. The lowest BCUT2D eigenvalue weighted by Gasteiger charge is -2.58. The summed E-state index contributed by atoms with van der Waals surface area (Å²) in [4.78, 5) is 80.4. The van der Waals surface area contributed by atoms with Gasteiger partial charge in [-0.15, -0.1) is 0 Å². The Balaban J connectivity index is 1.28. The summed E-state index contributed by atoms with van der Waals surface area (Å²) in [5.41, 5.74) is -2.94. The number of likely N-dealkylation sites (tertiary alicyclic amines) is 1. The van der Waals surface area contributed by atoms with Crippen LogP contribution >= 0.6 is 0 Å². The van der Waals surface area contributed by atoms with Gasteiger partial charge < -0.3 is 33.8 Å². The topological polar surface area (TPSA) is 181 Å². The van der Waals surface area contributed by atoms with E-state index in [0.29, 0.717) is 94.6 Å². The van der Waals surface area contributed by atoms with Crippen molar-refractivity contribution in [2.24, 2.45) is 22.7 Å². The van der Waals surface area contributed by atoms with Gasteiger partial charge in [0.05, 0.1) is 31.3 Å². The molecule has 4 saturated heterocycles. The van der Waals surface area contributed by atoms with Crippen molar-refractivity contribution in [2.75, 3.05) is 54.1 Å². The molecule has 10 rings (SSSR count). The molecule has 6 aliphatic heterocycles. The third-order valence-electron chi connectivity index (χ3n) is 17.4. The van der Waals surface area contributed by atoms with Gasteiger partial charge in [-0.2, -0.15) is 0 Å². The molecule has 15 nitrogen and oxygen atoms in total. The first-order valence-corrected chi connectivity index (χ1v) is 23.4. The molecule has 2 aromatic rings. The molecule has 8 aliphatic rings. The molecule has 2 aliphatic carbocycles. The molecule has 1 aromatic heterocycles. The number of hydrogen-bond acceptors (Lipinski definition) is 13. The molecule has 1 saturated carbocycles. The second-order valence-corrected chi connectivity index (χ2v) is 20.0. The van der Waals surface area contributed by atoms with Crippen molar-refractivity contribution in [3.8, 4) is 0 Å². The fourth-order valence-corrected chi connectivity index (χ4v) is 15.0. The Morgan fingerprint density at radius 1 is 1.00 bits per heavy atom. The Labute approximate surface area is 379 Å². The van der Waals surface area contributed by atoms with Crippen molar-refractivity contribution in [3.63, 3.8) is 0 Å². The molecule has 65 heavy (non-hydrogen) atoms. The van der Waals surface area contributed by atoms with E-state index in [1.165, 1.54) is 26.0 Å². The number of nitrogens with zero attached hydrogens (tertiary/aromatic N) is 3. The van der Waals surface area contributed by atoms with Crippen LogP contribution in [0.2, 0.25) is 0 Å². The number of ether oxygens (including phenoxy) is 5. The molecule has 3 unspecified atom stereocenters. The van der Waals surface area contributed by atoms with Crippen molar-refractivity contribution in [3.05, 3.63) is 70.1 Å². The summed E-state index contributed by atoms with van der Waals surface area (Å²) in [6, 6.07) is 3.58. The molecule has 0 radical (unpaired) electrons. The van der Waals surface area contributed by atoms with Crippen LogP contribution in [0, 0.1) is 22.7 Å². The molecule has 1 amide bonds. The van der Waals surface area contributed by atoms with E-state index in [9.17, 15) is 24.3 Å². The average molecular weight is 895 g/mol. The number of aryl methyl sites for hydroxylation is 1. The summed E-state index contributed by atoms with van der Waals surface area (Å²) in [7, 11) is 4.27. The number of piperidine rings is 1. The average Bonchev–Trinajstić information content (AvgIpc) is 3.52. The number of epoxide rings is 1. The van der Waals surface area contributed by atoms with Crippen LogP contribution in [0.1, 0.15) is 93.9 Å². The molecule has 2 N–H and O–H groups in total. The third kappa shape index (κ3) is 5.38. The molecule has 1 aromatic carbocycles. The van der Waals surface area contributed by atoms with E-state index < -0.39 is 75.2 Å². The zero-order chi connectivity index (χ0) is 46.2. The largest absolute Gasteiger partial charge is 0.468 e. The highest BCUT2D eigenvalue weighted by molar-refractivity contribution is 6.01. The molecule has 2 spiro atoms. The number of fused-ring (bicyclic) bond motifs is 6. The van der Waals surface area contributed by atoms with Crippen molar-refractivity contribution in [2.45, 2.75) is 120 Å². The number of H-pyrrole nitrogens is 1. The number of aromatic amines is 1. The SMILES string of the molecule is CCc1cc2c3c([nH]c2cc1C(C)=O)[C@@](C(=O)OC)(C1C=C2C(=CC1OC)N(C=O)[C@@]14O[C@]1(C(=O)OC)[C@H](OC(C)=O)[C@]1(CC)C=CCN5CC[C@]24[C@@H]51)C[C@@H]1CN(CC3)C[C@](O)(CC)C1. The Morgan fingerprint density at radius 2 is 1.77 bits per heavy atom. The number of benzene rings is 1. The van der Waals surface area contributed by atoms with Gasteiger partial charge >= 0.3 is 17.9 Å². The lowest BCUT2D eigenvalue weighted by molar-refractivity contribution is -0.183. The van der Waals surface area contributed by atoms with Crippen LogP contribution in [0.4, 0.5) is 0 Å². The summed E-state index contributed by atoms with van der Waals surface area (Å²) in [6.45, 7) is 11.9. The fourth-order valence-electron chi connectivity index (χ4n) is 15.0. The van der Waals surface area contributed by atoms with Crippen molar-refractivity contribution in [1.29, 1.82) is 0 Å². The van der Waals surface area contributed by atoms with Gasteiger partial charge in [-0.25, -0.2) is 4.79 Å². The Kier molecular flexibility index (Phi) is 10.1. The maximum Gasteiger partial charge on any atom is 0.347 e. The van der Waals surface area contributed by atoms with Gasteiger partial charge in [-0.3, -0.25) is 33.9 Å². The monoisotopic (exact) mass is 894 g/mol. The van der Waals surface area contributed by atoms with Gasteiger partial charge in [-0.05, 0) is 99.2 Å². The maximum absolute atomic E-state index is 15.6. The number of hydrogen-bond donors (Lipinski definition) is 2. The number of aromatic nitrogens is 1. The number of allylic oxidation sites excluding steroid dienone is 1. The highest BCUT2D eigenvalue weighted by Crippen LogP contribution is 2.82. The van der Waals surface area contributed by atoms with Gasteiger partial charge in [0, 0.05) is 85.4 Å². The highest BCUT2D eigenvalue weighted by Gasteiger charge is 3.00. The molecule has 12 atom stereocenters. The van der Waals surface area contributed by atoms with E-state index in [-0.39, 0.29) is 18.1 Å². The normalized spacial score (nSPS) is 39.8. The van der Waals surface area contributed by atoms with Gasteiger partial charge in [0.15, 0.2) is 11.9 Å². The Morgan fingerprint density at radius 3 is 2.42 bits per heavy atom. The number of amides is 1. The number of rotatable bonds is 10.